The molecule has 1 N–H and O–H groups in total. The van der Waals surface area contributed by atoms with Gasteiger partial charge in [-0.1, -0.05) is 12.1 Å². The second-order valence-electron chi connectivity index (χ2n) is 3.58. The number of nitrogens with one attached hydrogen (secondary N) is 1. The highest BCUT2D eigenvalue weighted by atomic mass is 127. The first-order chi connectivity index (χ1) is 8.25. The maximum atomic E-state index is 13.6. The Labute approximate surface area is 110 Å². The number of pyridine rings is 1. The Balaban J connectivity index is 2.24. The quantitative estimate of drug-likeness (QED) is 0.691. The fourth-order valence-electron chi connectivity index (χ4n) is 1.68. The van der Waals surface area contributed by atoms with Gasteiger partial charge in [0.05, 0.1) is 5.69 Å². The van der Waals surface area contributed by atoms with Crippen LogP contribution in [0.4, 0.5) is 4.39 Å². The summed E-state index contributed by atoms with van der Waals surface area (Å²) in [5.74, 6) is -0.266. The predicted molar refractivity (Wildman–Crippen MR) is 72.0 cm³/mol. The molecule has 2 heterocycles. The van der Waals surface area contributed by atoms with Crippen molar-refractivity contribution in [1.29, 1.82) is 0 Å². The van der Waals surface area contributed by atoms with E-state index in [1.165, 1.54) is 6.07 Å². The lowest BCUT2D eigenvalue weighted by Gasteiger charge is -2.01. The average Bonchev–Trinajstić information content (AvgIpc) is 2.71. The van der Waals surface area contributed by atoms with Gasteiger partial charge in [0, 0.05) is 5.56 Å². The second-order valence-corrected chi connectivity index (χ2v) is 4.66. The molecule has 0 saturated heterocycles. The maximum absolute atomic E-state index is 13.6. The van der Waals surface area contributed by atoms with Crippen molar-refractivity contribution < 1.29 is 4.39 Å². The number of aromatic nitrogens is 3. The molecule has 5 heteroatoms. The van der Waals surface area contributed by atoms with Crippen LogP contribution < -0.4 is 0 Å². The van der Waals surface area contributed by atoms with E-state index in [0.717, 1.165) is 14.7 Å². The molecule has 84 valence electrons. The number of benzene rings is 1. The molecule has 3 rings (SSSR count). The monoisotopic (exact) mass is 339 g/mol. The highest BCUT2D eigenvalue weighted by Gasteiger charge is 2.09. The molecular weight excluding hydrogens is 332 g/mol. The molecule has 0 amide bonds. The zero-order valence-electron chi connectivity index (χ0n) is 8.61. The molecule has 17 heavy (non-hydrogen) atoms. The topological polar surface area (TPSA) is 41.6 Å². The Morgan fingerprint density at radius 3 is 2.76 bits per heavy atom. The molecular formula is C12H7FIN3. The maximum Gasteiger partial charge on any atom is 0.132 e. The number of rotatable bonds is 1. The van der Waals surface area contributed by atoms with Crippen molar-refractivity contribution in [2.45, 2.75) is 0 Å². The van der Waals surface area contributed by atoms with Crippen LogP contribution in [-0.2, 0) is 0 Å². The summed E-state index contributed by atoms with van der Waals surface area (Å²) in [4.78, 5) is 4.42. The van der Waals surface area contributed by atoms with E-state index in [0.29, 0.717) is 11.3 Å². The van der Waals surface area contributed by atoms with Gasteiger partial charge in [-0.3, -0.25) is 5.10 Å². The lowest BCUT2D eigenvalue weighted by molar-refractivity contribution is 0.631. The van der Waals surface area contributed by atoms with Gasteiger partial charge in [0.1, 0.15) is 20.6 Å². The van der Waals surface area contributed by atoms with Crippen molar-refractivity contribution in [2.24, 2.45) is 0 Å². The average molecular weight is 339 g/mol. The van der Waals surface area contributed by atoms with Gasteiger partial charge in [-0.2, -0.15) is 5.10 Å². The minimum atomic E-state index is -0.266. The summed E-state index contributed by atoms with van der Waals surface area (Å²) in [7, 11) is 0. The number of halogens is 2. The van der Waals surface area contributed by atoms with Crippen molar-refractivity contribution >= 4 is 33.6 Å². The molecule has 0 aliphatic rings. The molecule has 0 spiro atoms. The van der Waals surface area contributed by atoms with Crippen molar-refractivity contribution in [3.63, 3.8) is 0 Å². The van der Waals surface area contributed by atoms with E-state index in [1.807, 2.05) is 6.07 Å². The molecule has 2 aromatic heterocycles. The summed E-state index contributed by atoms with van der Waals surface area (Å²) in [6, 6.07) is 10.2. The third kappa shape index (κ3) is 1.80. The third-order valence-corrected chi connectivity index (χ3v) is 3.26. The van der Waals surface area contributed by atoms with Crippen molar-refractivity contribution in [3.05, 3.63) is 45.9 Å². The normalized spacial score (nSPS) is 10.9. The van der Waals surface area contributed by atoms with Gasteiger partial charge >= 0.3 is 0 Å². The van der Waals surface area contributed by atoms with Gasteiger partial charge in [-0.25, -0.2) is 9.37 Å². The summed E-state index contributed by atoms with van der Waals surface area (Å²) >= 11 is 2.12. The second kappa shape index (κ2) is 4.06. The number of hydrogen-bond acceptors (Lipinski definition) is 2. The van der Waals surface area contributed by atoms with Gasteiger partial charge < -0.3 is 0 Å². The first kappa shape index (κ1) is 10.6. The minimum absolute atomic E-state index is 0.266. The van der Waals surface area contributed by atoms with Crippen LogP contribution in [0.2, 0.25) is 0 Å². The summed E-state index contributed by atoms with van der Waals surface area (Å²) in [5, 5.41) is 6.94. The van der Waals surface area contributed by atoms with Crippen molar-refractivity contribution in [1.82, 2.24) is 15.2 Å². The zero-order valence-corrected chi connectivity index (χ0v) is 10.8. The fourth-order valence-corrected chi connectivity index (χ4v) is 2.20. The summed E-state index contributed by atoms with van der Waals surface area (Å²) in [6.07, 6.45) is 0. The van der Waals surface area contributed by atoms with Crippen molar-refractivity contribution in [2.75, 3.05) is 0 Å². The molecule has 0 aliphatic carbocycles. The highest BCUT2D eigenvalue weighted by molar-refractivity contribution is 14.1. The Morgan fingerprint density at radius 1 is 1.12 bits per heavy atom. The Hall–Kier alpha value is -1.50. The first-order valence-electron chi connectivity index (χ1n) is 5.01. The van der Waals surface area contributed by atoms with Crippen LogP contribution >= 0.6 is 22.6 Å². The number of H-pyrrole nitrogens is 1. The fraction of sp³-hybridized carbons (Fsp3) is 0. The lowest BCUT2D eigenvalue weighted by Crippen LogP contribution is -1.88. The van der Waals surface area contributed by atoms with Crippen molar-refractivity contribution in [3.8, 4) is 11.3 Å². The van der Waals surface area contributed by atoms with Gasteiger partial charge in [0.2, 0.25) is 0 Å². The summed E-state index contributed by atoms with van der Waals surface area (Å²) in [6.45, 7) is 0. The van der Waals surface area contributed by atoms with Gasteiger partial charge in [-0.05, 0) is 46.9 Å². The Morgan fingerprint density at radius 2 is 1.94 bits per heavy atom. The Kier molecular flexibility index (Phi) is 2.54. The van der Waals surface area contributed by atoms with Crippen LogP contribution in [0.25, 0.3) is 22.3 Å². The number of nitrogens with zero attached hydrogens (tertiary/aromatic N) is 2. The number of fused-ring (bicyclic) bond motifs is 1. The third-order valence-electron chi connectivity index (χ3n) is 2.51. The van der Waals surface area contributed by atoms with Crippen LogP contribution in [-0.4, -0.2) is 15.2 Å². The van der Waals surface area contributed by atoms with Crippen LogP contribution in [0.5, 0.6) is 0 Å². The minimum Gasteiger partial charge on any atom is -0.269 e. The molecule has 0 atom stereocenters. The van der Waals surface area contributed by atoms with E-state index in [9.17, 15) is 4.39 Å². The largest absolute Gasteiger partial charge is 0.269 e. The predicted octanol–water partition coefficient (Wildman–Crippen LogP) is 3.37. The SMILES string of the molecule is Fc1ccccc1-c1ccc2n[nH]c(I)c2n1. The van der Waals surface area contributed by atoms with Crippen LogP contribution in [0.1, 0.15) is 0 Å². The number of aromatic amines is 1. The molecule has 3 nitrogen and oxygen atoms in total. The number of hydrogen-bond donors (Lipinski definition) is 1. The standard InChI is InChI=1S/C12H7FIN3/c13-8-4-2-1-3-7(8)9-5-6-10-11(15-9)12(14)17-16-10/h1-6H,(H,16,17). The molecule has 0 fully saturated rings. The van der Waals surface area contributed by atoms with E-state index in [-0.39, 0.29) is 5.82 Å². The molecule has 0 unspecified atom stereocenters. The van der Waals surface area contributed by atoms with Crippen LogP contribution in [0.15, 0.2) is 36.4 Å². The lowest BCUT2D eigenvalue weighted by atomic mass is 10.1. The summed E-state index contributed by atoms with van der Waals surface area (Å²) < 4.78 is 14.5. The summed E-state index contributed by atoms with van der Waals surface area (Å²) in [5.41, 5.74) is 2.68. The zero-order chi connectivity index (χ0) is 11.8. The molecule has 0 aliphatic heterocycles. The van der Waals surface area contributed by atoms with Gasteiger partial charge in [-0.15, -0.1) is 0 Å². The highest BCUT2D eigenvalue weighted by Crippen LogP contribution is 2.24. The van der Waals surface area contributed by atoms with E-state index < -0.39 is 0 Å². The molecule has 0 saturated carbocycles. The smallest absolute Gasteiger partial charge is 0.132 e. The van der Waals surface area contributed by atoms with Gasteiger partial charge in [0.25, 0.3) is 0 Å². The van der Waals surface area contributed by atoms with Crippen LogP contribution in [0, 0.1) is 9.52 Å². The van der Waals surface area contributed by atoms with E-state index in [1.54, 1.807) is 24.3 Å². The molecule has 1 aromatic carbocycles. The van der Waals surface area contributed by atoms with Gasteiger partial charge in [0.15, 0.2) is 0 Å². The van der Waals surface area contributed by atoms with E-state index in [4.69, 9.17) is 0 Å². The Bertz CT molecular complexity index is 693. The van der Waals surface area contributed by atoms with E-state index >= 15 is 0 Å². The molecule has 0 bridgehead atoms. The van der Waals surface area contributed by atoms with Crippen LogP contribution in [0.3, 0.4) is 0 Å². The molecule has 3 aromatic rings. The first-order valence-corrected chi connectivity index (χ1v) is 6.09. The van der Waals surface area contributed by atoms with E-state index in [2.05, 4.69) is 37.8 Å². The molecule has 0 radical (unpaired) electrons.